The first-order chi connectivity index (χ1) is 57.0. The lowest BCUT2D eigenvalue weighted by atomic mass is 9.87. The summed E-state index contributed by atoms with van der Waals surface area (Å²) in [5.41, 5.74) is 13.6. The molecule has 12 nitrogen and oxygen atoms in total. The molecule has 12 rings (SSSR count). The largest absolute Gasteiger partial charge is 0.508 e. The van der Waals surface area contributed by atoms with E-state index in [4.69, 9.17) is 33.9 Å². The molecular formula is C124H206O12. The van der Waals surface area contributed by atoms with Crippen LogP contribution in [0, 0.1) is 35.0 Å². The van der Waals surface area contributed by atoms with Crippen molar-refractivity contribution in [2.24, 2.45) is 28.1 Å². The van der Waals surface area contributed by atoms with Gasteiger partial charge in [0.15, 0.2) is 0 Å². The first-order valence-electron chi connectivity index (χ1n) is 43.7. The van der Waals surface area contributed by atoms with Crippen LogP contribution in [-0.2, 0) is 46.2 Å². The molecule has 9 atom stereocenters. The van der Waals surface area contributed by atoms with Gasteiger partial charge in [-0.15, -0.1) is 0 Å². The summed E-state index contributed by atoms with van der Waals surface area (Å²) < 4.78 is 27.3. The normalized spacial score (nSPS) is 13.4. The van der Waals surface area contributed by atoms with E-state index in [2.05, 4.69) is 128 Å². The van der Waals surface area contributed by atoms with Gasteiger partial charge >= 0.3 is 23.9 Å². The molecule has 0 saturated heterocycles. The van der Waals surface area contributed by atoms with E-state index in [-0.39, 0.29) is 173 Å². The maximum atomic E-state index is 12.3. The highest BCUT2D eigenvalue weighted by Gasteiger charge is 2.33. The highest BCUT2D eigenvalue weighted by atomic mass is 16.6. The fraction of sp³-hybridized carbons (Fsp3) is 0.500. The molecule has 2 aliphatic carbocycles. The molecule has 0 fully saturated rings. The number of esters is 4. The third kappa shape index (κ3) is 49.0. The lowest BCUT2D eigenvalue weighted by molar-refractivity contribution is -0.161. The van der Waals surface area contributed by atoms with Crippen LogP contribution < -0.4 is 9.47 Å². The molecule has 10 aromatic rings. The quantitative estimate of drug-likeness (QED) is 0.0333. The first kappa shape index (κ1) is 151. The number of carbonyl (C=O) groups is 4. The Labute approximate surface area is 838 Å². The number of aryl methyl sites for hydroxylation is 2. The van der Waals surface area contributed by atoms with Crippen LogP contribution in [0.25, 0.3) is 21.9 Å². The zero-order valence-corrected chi connectivity index (χ0v) is 76.5. The average molecular weight is 1890 g/mol. The summed E-state index contributed by atoms with van der Waals surface area (Å²) >= 11 is 0. The van der Waals surface area contributed by atoms with Crippen LogP contribution in [-0.4, -0.2) is 46.3 Å². The minimum absolute atomic E-state index is 0. The Morgan fingerprint density at radius 2 is 0.743 bits per heavy atom. The minimum Gasteiger partial charge on any atom is -0.508 e. The van der Waals surface area contributed by atoms with Crippen molar-refractivity contribution in [3.05, 3.63) is 292 Å². The van der Waals surface area contributed by atoms with Crippen molar-refractivity contribution in [1.29, 1.82) is 0 Å². The molecule has 12 heteroatoms. The van der Waals surface area contributed by atoms with Crippen molar-refractivity contribution >= 4 is 34.6 Å². The molecule has 10 aromatic carbocycles. The summed E-state index contributed by atoms with van der Waals surface area (Å²) in [5.74, 6) is 5.15. The Balaban J connectivity index is -0.000000128. The Morgan fingerprint density at radius 3 is 1.16 bits per heavy atom. The monoisotopic (exact) mass is 1890 g/mol. The van der Waals surface area contributed by atoms with Gasteiger partial charge in [-0.05, 0) is 295 Å². The number of aromatic hydroxyl groups is 3. The molecule has 3 N–H and O–H groups in total. The van der Waals surface area contributed by atoms with Gasteiger partial charge in [0.05, 0.1) is 29.3 Å². The van der Waals surface area contributed by atoms with E-state index in [0.29, 0.717) is 35.0 Å². The molecule has 0 aliphatic heterocycles. The van der Waals surface area contributed by atoms with Crippen molar-refractivity contribution in [2.45, 2.75) is 384 Å². The maximum Gasteiger partial charge on any atom is 0.314 e. The van der Waals surface area contributed by atoms with Crippen LogP contribution >= 0.6 is 0 Å². The van der Waals surface area contributed by atoms with Gasteiger partial charge in [-0.25, -0.2) is 0 Å². The van der Waals surface area contributed by atoms with Crippen molar-refractivity contribution in [3.8, 4) is 39.9 Å². The number of hydrogen-bond acceptors (Lipinski definition) is 12. The van der Waals surface area contributed by atoms with E-state index in [1.54, 1.807) is 66.8 Å². The average Bonchev–Trinajstić information content (AvgIpc) is 1.58. The lowest BCUT2D eigenvalue weighted by Crippen LogP contribution is -2.28. The van der Waals surface area contributed by atoms with Crippen molar-refractivity contribution in [1.82, 2.24) is 0 Å². The van der Waals surface area contributed by atoms with Gasteiger partial charge < -0.3 is 39.0 Å². The molecule has 0 amide bonds. The second-order valence-corrected chi connectivity index (χ2v) is 34.2. The molecular weight excluding hydrogens is 1680 g/mol. The fourth-order valence-electron chi connectivity index (χ4n) is 12.6. The highest BCUT2D eigenvalue weighted by Crippen LogP contribution is 2.39. The van der Waals surface area contributed by atoms with Gasteiger partial charge in [-0.2, -0.15) is 0 Å². The molecule has 136 heavy (non-hydrogen) atoms. The number of benzene rings is 10. The molecule has 0 saturated carbocycles. The van der Waals surface area contributed by atoms with Crippen LogP contribution in [0.3, 0.4) is 0 Å². The van der Waals surface area contributed by atoms with Crippen LogP contribution in [0.5, 0.6) is 28.7 Å². The summed E-state index contributed by atoms with van der Waals surface area (Å²) in [4.78, 5) is 47.7. The smallest absolute Gasteiger partial charge is 0.314 e. The van der Waals surface area contributed by atoms with Gasteiger partial charge in [0, 0.05) is 0 Å². The Morgan fingerprint density at radius 1 is 0.375 bits per heavy atom. The van der Waals surface area contributed by atoms with E-state index >= 15 is 0 Å². The van der Waals surface area contributed by atoms with E-state index in [1.807, 2.05) is 212 Å². The summed E-state index contributed by atoms with van der Waals surface area (Å²) in [6.45, 7) is 45.1. The topological polar surface area (TPSA) is 175 Å². The second kappa shape index (κ2) is 75.6. The second-order valence-electron chi connectivity index (χ2n) is 34.2. The third-order valence-corrected chi connectivity index (χ3v) is 23.9. The number of phenols is 3. The molecule has 9 unspecified atom stereocenters. The zero-order valence-electron chi connectivity index (χ0n) is 76.5. The van der Waals surface area contributed by atoms with E-state index < -0.39 is 16.2 Å². The Kier molecular flexibility index (Phi) is 84.0. The highest BCUT2D eigenvalue weighted by molar-refractivity contribution is 5.83. The SMILES string of the molecule is C.C.C.C.C.C.C.C.C.C.C.C.C.C.C.C.CC1Cc2ccccc2C1C.CCC(C)(C)C(=O)OC(C)c1ccc(C)cc1.CCC(C)(C)C(=O)OC(C)c1ccccc1.CCC(C)(C)C(=O)OC1CCCc2cc(OC)ccc21.CCC(C)C(=O)Oc1ccc(-c2ccc(O)cc2)cc1.CCC(C)c1ccc(O)cc1.CCC(C)c1ccc(O)cc1.CCC(C)c1ccc2ccccc2c1. The van der Waals surface area contributed by atoms with E-state index in [1.165, 1.54) is 51.4 Å². The molecule has 0 bridgehead atoms. The molecule has 0 radical (unpaired) electrons. The lowest BCUT2D eigenvalue weighted by Gasteiger charge is -2.29. The summed E-state index contributed by atoms with van der Waals surface area (Å²) in [6, 6.07) is 77.2. The van der Waals surface area contributed by atoms with Gasteiger partial charge in [-0.3, -0.25) is 19.2 Å². The van der Waals surface area contributed by atoms with Gasteiger partial charge in [0.1, 0.15) is 47.1 Å². The van der Waals surface area contributed by atoms with Crippen molar-refractivity contribution < 1.29 is 58.2 Å². The molecule has 0 spiro atoms. The summed E-state index contributed by atoms with van der Waals surface area (Å²) in [6.07, 6.45) is 10.4. The molecule has 0 heterocycles. The number of phenolic OH excluding ortho intramolecular Hbond substituents is 3. The fourth-order valence-corrected chi connectivity index (χ4v) is 12.6. The standard InChI is InChI=1S/C17H24O3.C17H18O3.C15H22O2.C14H20O2.C14H16.C11H14.2C10H14O.16CH4/c1-5-17(2,3)16(18)20-15-8-6-7-12-11-13(19-4)9-10-14(12)15;1-3-12(2)17(19)20-16-10-6-14(7-11-16)13-4-8-15(18)9-5-13;1-6-15(4,5)14(16)17-12(3)13-9-7-11(2)8-10-13;1-5-14(3,4)13(15)16-11(2)12-9-7-6-8-10-12;1-3-11(2)13-9-8-12-6-4-5-7-14(12)10-13;1-8-7-10-5-3-4-6-11(10)9(8)2;2*1-3-8(2)9-4-6-10(11)7-5-9;;;;;;;;;;;;;;;;/h9-11,15H,5-8H2,1-4H3;4-12,18H,3H2,1-2H3;7-10,12H,6H2,1-5H3;6-11H,5H2,1-4H3;4-11H,3H2,1-2H3;3-6,8-9H,7H2,1-2H3;2*4-8,11H,3H2,1-2H3;16*1H4. The Bertz CT molecular complexity index is 4610. The van der Waals surface area contributed by atoms with Crippen molar-refractivity contribution in [3.63, 3.8) is 0 Å². The molecule has 0 aromatic heterocycles. The van der Waals surface area contributed by atoms with E-state index in [9.17, 15) is 24.3 Å². The van der Waals surface area contributed by atoms with Gasteiger partial charge in [-0.1, -0.05) is 390 Å². The van der Waals surface area contributed by atoms with Gasteiger partial charge in [0.2, 0.25) is 0 Å². The number of rotatable bonds is 22. The number of methoxy groups -OCH3 is 1. The Hall–Kier alpha value is -10.5. The van der Waals surface area contributed by atoms with Crippen molar-refractivity contribution in [2.75, 3.05) is 7.11 Å². The van der Waals surface area contributed by atoms with E-state index in [0.717, 1.165) is 103 Å². The predicted octanol–water partition coefficient (Wildman–Crippen LogP) is 39.1. The number of carbonyl (C=O) groups excluding carboxylic acids is 4. The summed E-state index contributed by atoms with van der Waals surface area (Å²) in [5, 5.41) is 30.0. The number of hydrogen-bond donors (Lipinski definition) is 3. The predicted molar refractivity (Wildman–Crippen MR) is 604 cm³/mol. The number of fused-ring (bicyclic) bond motifs is 3. The summed E-state index contributed by atoms with van der Waals surface area (Å²) in [7, 11) is 1.67. The van der Waals surface area contributed by atoms with Crippen LogP contribution in [0.2, 0.25) is 0 Å². The minimum atomic E-state index is -0.413. The zero-order chi connectivity index (χ0) is 88.9. The molecule has 774 valence electrons. The third-order valence-electron chi connectivity index (χ3n) is 23.9. The molecule has 2 aliphatic rings. The first-order valence-corrected chi connectivity index (χ1v) is 43.7. The van der Waals surface area contributed by atoms with Crippen LogP contribution in [0.4, 0.5) is 0 Å². The van der Waals surface area contributed by atoms with Crippen LogP contribution in [0.1, 0.15) is 420 Å². The van der Waals surface area contributed by atoms with Crippen LogP contribution in [0.15, 0.2) is 237 Å². The maximum absolute atomic E-state index is 12.3. The number of ether oxygens (including phenoxy) is 5. The van der Waals surface area contributed by atoms with Gasteiger partial charge in [0.25, 0.3) is 0 Å².